The van der Waals surface area contributed by atoms with Crippen molar-refractivity contribution in [2.45, 2.75) is 13.8 Å². The number of fused-ring (bicyclic) bond motifs is 13. The quantitative estimate of drug-likeness (QED) is 0.167. The zero-order chi connectivity index (χ0) is 41.8. The third kappa shape index (κ3) is 5.36. The Morgan fingerprint density at radius 2 is 0.698 bits per heavy atom. The van der Waals surface area contributed by atoms with Crippen LogP contribution in [0.3, 0.4) is 0 Å². The fourth-order valence-electron chi connectivity index (χ4n) is 9.93. The van der Waals surface area contributed by atoms with Crippen molar-refractivity contribution in [3.63, 3.8) is 0 Å². The summed E-state index contributed by atoms with van der Waals surface area (Å²) in [5, 5.41) is 10.8. The van der Waals surface area contributed by atoms with E-state index < -0.39 is 0 Å². The zero-order valence-electron chi connectivity index (χ0n) is 34.6. The van der Waals surface area contributed by atoms with E-state index in [1.54, 1.807) is 0 Å². The van der Waals surface area contributed by atoms with E-state index in [1.807, 2.05) is 24.3 Å². The van der Waals surface area contributed by atoms with Crippen molar-refractivity contribution in [1.29, 1.82) is 0 Å². The Bertz CT molecular complexity index is 3720. The molecule has 0 saturated heterocycles. The fraction of sp³-hybridized carbons (Fsp3) is 0.0345. The van der Waals surface area contributed by atoms with Crippen molar-refractivity contribution in [2.75, 3.05) is 9.80 Å². The first-order valence-electron chi connectivity index (χ1n) is 21.4. The molecule has 0 aliphatic carbocycles. The van der Waals surface area contributed by atoms with E-state index in [2.05, 4.69) is 194 Å². The van der Waals surface area contributed by atoms with Crippen molar-refractivity contribution in [3.05, 3.63) is 205 Å². The molecular formula is C58H38N2O3. The highest BCUT2D eigenvalue weighted by Crippen LogP contribution is 2.53. The summed E-state index contributed by atoms with van der Waals surface area (Å²) in [6.45, 7) is 4.28. The first-order chi connectivity index (χ1) is 31.1. The van der Waals surface area contributed by atoms with Gasteiger partial charge in [-0.3, -0.25) is 0 Å². The zero-order valence-corrected chi connectivity index (χ0v) is 34.6. The van der Waals surface area contributed by atoms with E-state index in [-0.39, 0.29) is 0 Å². The van der Waals surface area contributed by atoms with Gasteiger partial charge in [-0.25, -0.2) is 0 Å². The number of hydrogen-bond acceptors (Lipinski definition) is 5. The van der Waals surface area contributed by atoms with Crippen LogP contribution in [0.2, 0.25) is 0 Å². The highest BCUT2D eigenvalue weighted by Gasteiger charge is 2.29. The van der Waals surface area contributed by atoms with Gasteiger partial charge in [0.25, 0.3) is 0 Å². The second-order valence-corrected chi connectivity index (χ2v) is 16.6. The van der Waals surface area contributed by atoms with Gasteiger partial charge in [0.2, 0.25) is 0 Å². The minimum absolute atomic E-state index is 0.780. The van der Waals surface area contributed by atoms with E-state index in [0.29, 0.717) is 0 Å². The Kier molecular flexibility index (Phi) is 7.67. The monoisotopic (exact) mass is 810 g/mol. The Morgan fingerprint density at radius 1 is 0.302 bits per heavy atom. The smallest absolute Gasteiger partial charge is 0.160 e. The van der Waals surface area contributed by atoms with Gasteiger partial charge in [0.05, 0.1) is 22.7 Å². The molecule has 0 aliphatic rings. The Balaban J connectivity index is 1.19. The molecule has 298 valence electrons. The molecule has 0 bridgehead atoms. The second-order valence-electron chi connectivity index (χ2n) is 16.6. The van der Waals surface area contributed by atoms with Crippen LogP contribution >= 0.6 is 0 Å². The van der Waals surface area contributed by atoms with Gasteiger partial charge in [-0.15, -0.1) is 0 Å². The Labute approximate surface area is 362 Å². The number of anilines is 6. The molecule has 3 aromatic heterocycles. The number of rotatable bonds is 6. The number of hydrogen-bond donors (Lipinski definition) is 0. The van der Waals surface area contributed by atoms with Crippen LogP contribution in [-0.4, -0.2) is 0 Å². The molecule has 5 heteroatoms. The predicted octanol–water partition coefficient (Wildman–Crippen LogP) is 17.2. The average molecular weight is 811 g/mol. The molecule has 13 aromatic rings. The summed E-state index contributed by atoms with van der Waals surface area (Å²) in [7, 11) is 0. The minimum atomic E-state index is 0.780. The summed E-state index contributed by atoms with van der Waals surface area (Å²) in [6, 6.07) is 68.7. The van der Waals surface area contributed by atoms with Crippen molar-refractivity contribution in [2.24, 2.45) is 0 Å². The first-order valence-corrected chi connectivity index (χ1v) is 21.4. The molecule has 10 aromatic carbocycles. The van der Waals surface area contributed by atoms with Gasteiger partial charge in [-0.05, 0) is 107 Å². The number of aryl methyl sites for hydroxylation is 2. The van der Waals surface area contributed by atoms with Crippen LogP contribution in [0.15, 0.2) is 207 Å². The van der Waals surface area contributed by atoms with Crippen molar-refractivity contribution in [1.82, 2.24) is 0 Å². The maximum absolute atomic E-state index is 7.64. The van der Waals surface area contributed by atoms with E-state index in [4.69, 9.17) is 13.3 Å². The van der Waals surface area contributed by atoms with Crippen molar-refractivity contribution < 1.29 is 13.3 Å². The van der Waals surface area contributed by atoms with E-state index in [0.717, 1.165) is 133 Å². The predicted molar refractivity (Wildman–Crippen MR) is 262 cm³/mol. The minimum Gasteiger partial charge on any atom is -0.454 e. The lowest BCUT2D eigenvalue weighted by Gasteiger charge is -2.26. The molecule has 3 heterocycles. The van der Waals surface area contributed by atoms with Gasteiger partial charge in [0.1, 0.15) is 11.2 Å². The van der Waals surface area contributed by atoms with Gasteiger partial charge >= 0.3 is 0 Å². The number of furan rings is 3. The SMILES string of the molecule is Cc1cccc(N(c2cccc3c2oc2ccccc23)c2cc3ccccc3c3c2oc2c(N(c4cccc(C)c4)c4cccc5c4oc4ccccc45)cc4ccccc4c23)c1. The van der Waals surface area contributed by atoms with Crippen LogP contribution < -0.4 is 9.80 Å². The molecule has 0 aliphatic heterocycles. The number of nitrogens with zero attached hydrogens (tertiary/aromatic N) is 2. The molecule has 0 amide bonds. The highest BCUT2D eigenvalue weighted by atomic mass is 16.3. The molecule has 0 saturated carbocycles. The molecule has 0 unspecified atom stereocenters. The van der Waals surface area contributed by atoms with Gasteiger partial charge in [-0.1, -0.05) is 133 Å². The van der Waals surface area contributed by atoms with Crippen LogP contribution in [0.4, 0.5) is 34.1 Å². The average Bonchev–Trinajstić information content (AvgIpc) is 4.03. The largest absolute Gasteiger partial charge is 0.454 e. The Hall–Kier alpha value is -8.28. The third-order valence-corrected chi connectivity index (χ3v) is 12.7. The van der Waals surface area contributed by atoms with Crippen LogP contribution in [0.1, 0.15) is 11.1 Å². The molecule has 0 atom stereocenters. The van der Waals surface area contributed by atoms with Gasteiger partial charge < -0.3 is 23.1 Å². The summed E-state index contributed by atoms with van der Waals surface area (Å²) >= 11 is 0. The first kappa shape index (κ1) is 35.5. The maximum Gasteiger partial charge on any atom is 0.160 e. The van der Waals surface area contributed by atoms with Crippen LogP contribution in [-0.2, 0) is 0 Å². The Morgan fingerprint density at radius 3 is 1.16 bits per heavy atom. The van der Waals surface area contributed by atoms with E-state index >= 15 is 0 Å². The molecule has 13 rings (SSSR count). The molecule has 63 heavy (non-hydrogen) atoms. The molecular weight excluding hydrogens is 773 g/mol. The van der Waals surface area contributed by atoms with Gasteiger partial charge in [0.15, 0.2) is 22.3 Å². The lowest BCUT2D eigenvalue weighted by atomic mass is 9.97. The molecule has 0 radical (unpaired) electrons. The summed E-state index contributed by atoms with van der Waals surface area (Å²) in [5.41, 5.74) is 12.9. The molecule has 5 nitrogen and oxygen atoms in total. The molecule has 0 fully saturated rings. The van der Waals surface area contributed by atoms with Crippen molar-refractivity contribution in [3.8, 4) is 0 Å². The lowest BCUT2D eigenvalue weighted by molar-refractivity contribution is 0.665. The standard InChI is InChI=1S/C58H38N2O3/c1-35-15-11-19-39(31-35)59(47-27-13-25-45-43-23-7-9-29-51(43)61-55(45)47)49-33-37-17-3-5-21-41(37)53-54-42-22-6-4-18-38(42)34-50(58(54)63-57(49)53)60(40-20-12-16-36(2)32-40)48-28-14-26-46-44-24-8-10-30-52(44)62-56(46)48/h3-34H,1-2H3. The lowest BCUT2D eigenvalue weighted by Crippen LogP contribution is -2.11. The van der Waals surface area contributed by atoms with Crippen LogP contribution in [0, 0.1) is 13.8 Å². The van der Waals surface area contributed by atoms with Gasteiger partial charge in [-0.2, -0.15) is 0 Å². The second kappa shape index (κ2) is 13.6. The summed E-state index contributed by atoms with van der Waals surface area (Å²) in [6.07, 6.45) is 0. The number of benzene rings is 10. The van der Waals surface area contributed by atoms with Gasteiger partial charge in [0, 0.05) is 43.7 Å². The molecule has 0 spiro atoms. The molecule has 0 N–H and O–H groups in total. The summed E-state index contributed by atoms with van der Waals surface area (Å²) in [4.78, 5) is 4.65. The fourth-order valence-corrected chi connectivity index (χ4v) is 9.93. The maximum atomic E-state index is 7.64. The van der Waals surface area contributed by atoms with E-state index in [9.17, 15) is 0 Å². The van der Waals surface area contributed by atoms with Crippen LogP contribution in [0.25, 0.3) is 87.4 Å². The van der Waals surface area contributed by atoms with Crippen molar-refractivity contribution >= 4 is 121 Å². The topological polar surface area (TPSA) is 45.9 Å². The third-order valence-electron chi connectivity index (χ3n) is 12.7. The highest BCUT2D eigenvalue weighted by molar-refractivity contribution is 6.31. The summed E-state index contributed by atoms with van der Waals surface area (Å²) < 4.78 is 21.2. The van der Waals surface area contributed by atoms with Crippen LogP contribution in [0.5, 0.6) is 0 Å². The van der Waals surface area contributed by atoms with E-state index in [1.165, 1.54) is 0 Å². The summed E-state index contributed by atoms with van der Waals surface area (Å²) in [5.74, 6) is 0. The number of para-hydroxylation sites is 4. The normalized spacial score (nSPS) is 12.0.